The third-order valence-corrected chi connectivity index (χ3v) is 2.13. The highest BCUT2D eigenvalue weighted by atomic mass is 19.2. The van der Waals surface area contributed by atoms with Gasteiger partial charge in [0.05, 0.1) is 5.69 Å². The number of hydrogen-bond donors (Lipinski definition) is 1. The van der Waals surface area contributed by atoms with Crippen molar-refractivity contribution in [2.75, 3.05) is 5.32 Å². The first kappa shape index (κ1) is 11.9. The van der Waals surface area contributed by atoms with Gasteiger partial charge >= 0.3 is 0 Å². The van der Waals surface area contributed by atoms with Crippen LogP contribution in [0.2, 0.25) is 0 Å². The van der Waals surface area contributed by atoms with E-state index in [1.54, 1.807) is 0 Å². The van der Waals surface area contributed by atoms with Crippen molar-refractivity contribution in [3.63, 3.8) is 0 Å². The zero-order chi connectivity index (χ0) is 11.4. The molecule has 84 valence electrons. The van der Waals surface area contributed by atoms with Crippen molar-refractivity contribution in [1.29, 1.82) is 0 Å². The second-order valence-corrected chi connectivity index (χ2v) is 3.58. The lowest BCUT2D eigenvalue weighted by Gasteiger charge is -2.14. The lowest BCUT2D eigenvalue weighted by Crippen LogP contribution is -2.15. The van der Waals surface area contributed by atoms with E-state index in [1.807, 2.05) is 13.8 Å². The van der Waals surface area contributed by atoms with Crippen LogP contribution in [-0.2, 0) is 0 Å². The van der Waals surface area contributed by atoms with Gasteiger partial charge in [-0.3, -0.25) is 0 Å². The highest BCUT2D eigenvalue weighted by Crippen LogP contribution is 2.19. The highest BCUT2D eigenvalue weighted by Gasteiger charge is 2.11. The number of nitrogens with one attached hydrogen (secondary N) is 1. The van der Waals surface area contributed by atoms with Crippen molar-refractivity contribution in [3.05, 3.63) is 29.6 Å². The molecule has 0 saturated heterocycles. The van der Waals surface area contributed by atoms with Crippen LogP contribution in [0.3, 0.4) is 0 Å². The Balaban J connectivity index is 2.81. The van der Waals surface area contributed by atoms with Crippen LogP contribution >= 0.6 is 0 Å². The van der Waals surface area contributed by atoms with Gasteiger partial charge in [-0.15, -0.1) is 0 Å². The largest absolute Gasteiger partial charge is 0.380 e. The molecule has 1 aromatic carbocycles. The van der Waals surface area contributed by atoms with Crippen molar-refractivity contribution in [1.82, 2.24) is 0 Å². The average Bonchev–Trinajstić information content (AvgIpc) is 2.14. The van der Waals surface area contributed by atoms with Gasteiger partial charge < -0.3 is 5.32 Å². The van der Waals surface area contributed by atoms with Crippen LogP contribution in [0.5, 0.6) is 0 Å². The minimum absolute atomic E-state index is 0.00912. The first-order valence-electron chi connectivity index (χ1n) is 4.95. The average molecular weight is 217 g/mol. The lowest BCUT2D eigenvalue weighted by molar-refractivity contribution is 0.495. The molecule has 4 heteroatoms. The molecular formula is C11H14F3N. The predicted octanol–water partition coefficient (Wildman–Crippen LogP) is 3.70. The summed E-state index contributed by atoms with van der Waals surface area (Å²) in [7, 11) is 0. The van der Waals surface area contributed by atoms with Crippen LogP contribution in [-0.4, -0.2) is 6.04 Å². The second-order valence-electron chi connectivity index (χ2n) is 3.58. The molecule has 0 aliphatic rings. The molecule has 1 aromatic rings. The van der Waals surface area contributed by atoms with E-state index in [0.29, 0.717) is 6.07 Å². The first-order chi connectivity index (χ1) is 7.04. The minimum atomic E-state index is -1.17. The molecular weight excluding hydrogens is 203 g/mol. The summed E-state index contributed by atoms with van der Waals surface area (Å²) in [5, 5.41) is 2.80. The van der Waals surface area contributed by atoms with E-state index in [4.69, 9.17) is 0 Å². The molecule has 1 N–H and O–H groups in total. The Morgan fingerprint density at radius 2 is 1.73 bits per heavy atom. The number of hydrogen-bond acceptors (Lipinski definition) is 1. The van der Waals surface area contributed by atoms with E-state index in [9.17, 15) is 13.2 Å². The summed E-state index contributed by atoms with van der Waals surface area (Å²) in [5.74, 6) is -2.97. The van der Waals surface area contributed by atoms with Crippen molar-refractivity contribution >= 4 is 5.69 Å². The van der Waals surface area contributed by atoms with Gasteiger partial charge in [0.25, 0.3) is 0 Å². The normalized spacial score (nSPS) is 12.6. The topological polar surface area (TPSA) is 12.0 Å². The summed E-state index contributed by atoms with van der Waals surface area (Å²) in [6, 6.07) is 1.43. The van der Waals surface area contributed by atoms with Crippen molar-refractivity contribution < 1.29 is 13.2 Å². The zero-order valence-electron chi connectivity index (χ0n) is 8.78. The number of halogens is 3. The van der Waals surface area contributed by atoms with Crippen LogP contribution < -0.4 is 5.32 Å². The van der Waals surface area contributed by atoms with Crippen molar-refractivity contribution in [2.24, 2.45) is 0 Å². The van der Waals surface area contributed by atoms with Crippen molar-refractivity contribution in [2.45, 2.75) is 32.7 Å². The number of anilines is 1. The Labute approximate surface area is 87.3 Å². The lowest BCUT2D eigenvalue weighted by atomic mass is 10.2. The van der Waals surface area contributed by atoms with Gasteiger partial charge in [-0.2, -0.15) is 0 Å². The van der Waals surface area contributed by atoms with Gasteiger partial charge in [-0.25, -0.2) is 13.2 Å². The van der Waals surface area contributed by atoms with E-state index in [1.165, 1.54) is 0 Å². The monoisotopic (exact) mass is 217 g/mol. The highest BCUT2D eigenvalue weighted by molar-refractivity contribution is 5.45. The van der Waals surface area contributed by atoms with Crippen LogP contribution in [0, 0.1) is 17.5 Å². The minimum Gasteiger partial charge on any atom is -0.380 e. The Hall–Kier alpha value is -1.19. The molecule has 0 spiro atoms. The standard InChI is InChI=1S/C11H14F3N/c1-3-4-7(2)15-11-6-9(13)8(12)5-10(11)14/h5-7,15H,3-4H2,1-2H3. The number of benzene rings is 1. The summed E-state index contributed by atoms with van der Waals surface area (Å²) >= 11 is 0. The maximum absolute atomic E-state index is 13.2. The van der Waals surface area contributed by atoms with E-state index in [-0.39, 0.29) is 11.7 Å². The predicted molar refractivity (Wildman–Crippen MR) is 54.3 cm³/mol. The maximum Gasteiger partial charge on any atom is 0.161 e. The summed E-state index contributed by atoms with van der Waals surface area (Å²) in [6.45, 7) is 3.87. The molecule has 1 unspecified atom stereocenters. The fraction of sp³-hybridized carbons (Fsp3) is 0.455. The molecule has 0 aromatic heterocycles. The first-order valence-corrected chi connectivity index (χ1v) is 4.95. The molecule has 1 rings (SSSR count). The second kappa shape index (κ2) is 5.05. The van der Waals surface area contributed by atoms with E-state index in [0.717, 1.165) is 18.9 Å². The van der Waals surface area contributed by atoms with Crippen molar-refractivity contribution in [3.8, 4) is 0 Å². The summed E-state index contributed by atoms with van der Waals surface area (Å²) < 4.78 is 38.6. The Morgan fingerprint density at radius 3 is 2.33 bits per heavy atom. The SMILES string of the molecule is CCCC(C)Nc1cc(F)c(F)cc1F. The molecule has 0 aliphatic carbocycles. The van der Waals surface area contributed by atoms with Gasteiger partial charge in [-0.05, 0) is 13.3 Å². The third kappa shape index (κ3) is 3.15. The third-order valence-electron chi connectivity index (χ3n) is 2.13. The molecule has 0 saturated carbocycles. The molecule has 0 heterocycles. The fourth-order valence-corrected chi connectivity index (χ4v) is 1.40. The molecule has 0 bridgehead atoms. The Bertz CT molecular complexity index is 339. The van der Waals surface area contributed by atoms with Gasteiger partial charge in [-0.1, -0.05) is 13.3 Å². The maximum atomic E-state index is 13.2. The van der Waals surface area contributed by atoms with Crippen LogP contribution in [0.15, 0.2) is 12.1 Å². The Kier molecular flexibility index (Phi) is 4.00. The van der Waals surface area contributed by atoms with Crippen LogP contribution in [0.1, 0.15) is 26.7 Å². The van der Waals surface area contributed by atoms with E-state index < -0.39 is 17.5 Å². The van der Waals surface area contributed by atoms with Gasteiger partial charge in [0.2, 0.25) is 0 Å². The molecule has 0 aliphatic heterocycles. The van der Waals surface area contributed by atoms with Gasteiger partial charge in [0, 0.05) is 18.2 Å². The number of rotatable bonds is 4. The Morgan fingerprint density at radius 1 is 1.13 bits per heavy atom. The van der Waals surface area contributed by atoms with Crippen LogP contribution in [0.4, 0.5) is 18.9 Å². The fourth-order valence-electron chi connectivity index (χ4n) is 1.40. The van der Waals surface area contributed by atoms with Gasteiger partial charge in [0.1, 0.15) is 5.82 Å². The molecule has 0 radical (unpaired) electrons. The van der Waals surface area contributed by atoms with Crippen LogP contribution in [0.25, 0.3) is 0 Å². The molecule has 0 amide bonds. The molecule has 15 heavy (non-hydrogen) atoms. The smallest absolute Gasteiger partial charge is 0.161 e. The molecule has 1 atom stereocenters. The van der Waals surface area contributed by atoms with E-state index >= 15 is 0 Å². The summed E-state index contributed by atoms with van der Waals surface area (Å²) in [5.41, 5.74) is 0.00912. The molecule has 1 nitrogen and oxygen atoms in total. The quantitative estimate of drug-likeness (QED) is 0.758. The molecule has 0 fully saturated rings. The van der Waals surface area contributed by atoms with Gasteiger partial charge in [0.15, 0.2) is 11.6 Å². The van der Waals surface area contributed by atoms with E-state index in [2.05, 4.69) is 5.32 Å². The zero-order valence-corrected chi connectivity index (χ0v) is 8.78. The summed E-state index contributed by atoms with van der Waals surface area (Å²) in [4.78, 5) is 0. The summed E-state index contributed by atoms with van der Waals surface area (Å²) in [6.07, 6.45) is 1.79.